The van der Waals surface area contributed by atoms with Crippen LogP contribution in [0.3, 0.4) is 0 Å². The molecule has 162 valence electrons. The van der Waals surface area contributed by atoms with Crippen molar-refractivity contribution in [3.05, 3.63) is 24.0 Å². The first-order valence-electron chi connectivity index (χ1n) is 9.95. The summed E-state index contributed by atoms with van der Waals surface area (Å²) in [5, 5.41) is 2.64. The van der Waals surface area contributed by atoms with Crippen molar-refractivity contribution < 1.29 is 22.3 Å². The van der Waals surface area contributed by atoms with Crippen LogP contribution in [0.2, 0.25) is 0 Å². The number of benzene rings is 1. The van der Waals surface area contributed by atoms with Crippen LogP contribution in [0.5, 0.6) is 5.75 Å². The molecule has 2 amide bonds. The van der Waals surface area contributed by atoms with Gasteiger partial charge in [-0.1, -0.05) is 19.3 Å². The van der Waals surface area contributed by atoms with E-state index in [1.165, 1.54) is 32.8 Å². The number of hydrogen-bond acceptors (Lipinski definition) is 4. The smallest absolute Gasteiger partial charge is 0.321 e. The third-order valence-corrected chi connectivity index (χ3v) is 7.75. The number of anilines is 1. The maximum Gasteiger partial charge on any atom is 0.321 e. The van der Waals surface area contributed by atoms with Gasteiger partial charge in [-0.15, -0.1) is 0 Å². The summed E-state index contributed by atoms with van der Waals surface area (Å²) < 4.78 is 47.5. The Balaban J connectivity index is 1.55. The molecule has 0 bridgehead atoms. The van der Waals surface area contributed by atoms with Crippen LogP contribution in [0.25, 0.3) is 0 Å². The molecule has 2 fully saturated rings. The normalized spacial score (nSPS) is 19.4. The van der Waals surface area contributed by atoms with Gasteiger partial charge in [0.2, 0.25) is 0 Å². The Labute approximate surface area is 171 Å². The summed E-state index contributed by atoms with van der Waals surface area (Å²) in [5.41, 5.74) is 0.320. The van der Waals surface area contributed by atoms with E-state index in [0.29, 0.717) is 5.69 Å². The molecule has 3 rings (SSSR count). The van der Waals surface area contributed by atoms with Gasteiger partial charge in [0.05, 0.1) is 7.11 Å². The monoisotopic (exact) mass is 428 g/mol. The Hall–Kier alpha value is -1.91. The van der Waals surface area contributed by atoms with Gasteiger partial charge >= 0.3 is 6.03 Å². The van der Waals surface area contributed by atoms with E-state index in [9.17, 15) is 17.6 Å². The van der Waals surface area contributed by atoms with Crippen molar-refractivity contribution in [1.29, 1.82) is 0 Å². The summed E-state index contributed by atoms with van der Waals surface area (Å²) in [6, 6.07) is 3.86. The van der Waals surface area contributed by atoms with Gasteiger partial charge in [-0.3, -0.25) is 0 Å². The average Bonchev–Trinajstić information content (AvgIpc) is 2.74. The second-order valence-corrected chi connectivity index (χ2v) is 9.47. The maximum absolute atomic E-state index is 13.8. The molecule has 1 aromatic carbocycles. The molecule has 1 aliphatic carbocycles. The molecule has 29 heavy (non-hydrogen) atoms. The van der Waals surface area contributed by atoms with Crippen molar-refractivity contribution in [2.45, 2.75) is 38.1 Å². The van der Waals surface area contributed by atoms with Crippen LogP contribution in [-0.4, -0.2) is 74.3 Å². The number of nitrogens with one attached hydrogen (secondary N) is 1. The number of hydrogen-bond donors (Lipinski definition) is 1. The molecular formula is C19H29FN4O4S. The van der Waals surface area contributed by atoms with Gasteiger partial charge in [0.25, 0.3) is 10.2 Å². The average molecular weight is 429 g/mol. The summed E-state index contributed by atoms with van der Waals surface area (Å²) in [4.78, 5) is 14.0. The first-order valence-corrected chi connectivity index (χ1v) is 11.3. The van der Waals surface area contributed by atoms with E-state index in [1.807, 2.05) is 0 Å². The lowest BCUT2D eigenvalue weighted by atomic mass is 9.96. The van der Waals surface area contributed by atoms with Crippen molar-refractivity contribution in [2.24, 2.45) is 0 Å². The molecule has 0 spiro atoms. The summed E-state index contributed by atoms with van der Waals surface area (Å²) >= 11 is 0. The first kappa shape index (κ1) is 21.8. The van der Waals surface area contributed by atoms with E-state index in [4.69, 9.17) is 4.74 Å². The van der Waals surface area contributed by atoms with E-state index in [-0.39, 0.29) is 44.0 Å². The lowest BCUT2D eigenvalue weighted by Gasteiger charge is -2.38. The van der Waals surface area contributed by atoms with Gasteiger partial charge in [0, 0.05) is 51.0 Å². The Morgan fingerprint density at radius 1 is 1.17 bits per heavy atom. The molecule has 8 nitrogen and oxygen atoms in total. The largest absolute Gasteiger partial charge is 0.494 e. The maximum atomic E-state index is 13.8. The Bertz CT molecular complexity index is 821. The van der Waals surface area contributed by atoms with Crippen LogP contribution in [0, 0.1) is 5.82 Å². The third kappa shape index (κ3) is 4.99. The highest BCUT2D eigenvalue weighted by Crippen LogP contribution is 2.25. The zero-order chi connectivity index (χ0) is 21.0. The predicted octanol–water partition coefficient (Wildman–Crippen LogP) is 2.49. The minimum Gasteiger partial charge on any atom is -0.494 e. The first-order chi connectivity index (χ1) is 13.8. The van der Waals surface area contributed by atoms with Crippen LogP contribution in [-0.2, 0) is 10.2 Å². The molecule has 0 radical (unpaired) electrons. The van der Waals surface area contributed by atoms with Crippen LogP contribution in [0.1, 0.15) is 32.1 Å². The van der Waals surface area contributed by atoms with E-state index in [1.54, 1.807) is 13.1 Å². The fraction of sp³-hybridized carbons (Fsp3) is 0.632. The molecule has 1 aromatic rings. The number of nitrogens with zero attached hydrogens (tertiary/aromatic N) is 3. The number of rotatable bonds is 5. The number of piperazine rings is 1. The quantitative estimate of drug-likeness (QED) is 0.781. The molecule has 0 unspecified atom stereocenters. The van der Waals surface area contributed by atoms with Gasteiger partial charge in [0.15, 0.2) is 11.6 Å². The molecule has 10 heteroatoms. The van der Waals surface area contributed by atoms with Crippen molar-refractivity contribution in [2.75, 3.05) is 45.7 Å². The minimum absolute atomic E-state index is 0.0556. The number of halogens is 1. The van der Waals surface area contributed by atoms with Gasteiger partial charge in [0.1, 0.15) is 0 Å². The SMILES string of the molecule is COc1ccc(NC(=O)N2CCN(S(=O)(=O)N(C)C3CCCCC3)CC2)cc1F. The van der Waals surface area contributed by atoms with Crippen LogP contribution >= 0.6 is 0 Å². The lowest BCUT2D eigenvalue weighted by Crippen LogP contribution is -2.55. The zero-order valence-corrected chi connectivity index (χ0v) is 17.8. The van der Waals surface area contributed by atoms with Crippen LogP contribution < -0.4 is 10.1 Å². The van der Waals surface area contributed by atoms with Gasteiger partial charge in [-0.05, 0) is 25.0 Å². The number of amides is 2. The molecule has 0 aromatic heterocycles. The number of carbonyl (C=O) groups is 1. The van der Waals surface area contributed by atoms with Gasteiger partial charge in [-0.25, -0.2) is 9.18 Å². The molecule has 1 saturated heterocycles. The number of urea groups is 1. The topological polar surface area (TPSA) is 82.2 Å². The van der Waals surface area contributed by atoms with Crippen molar-refractivity contribution >= 4 is 21.9 Å². The van der Waals surface area contributed by atoms with Crippen LogP contribution in [0.15, 0.2) is 18.2 Å². The number of carbonyl (C=O) groups excluding carboxylic acids is 1. The Kier molecular flexibility index (Phi) is 6.97. The van der Waals surface area contributed by atoms with Crippen molar-refractivity contribution in [3.8, 4) is 5.75 Å². The van der Waals surface area contributed by atoms with E-state index >= 15 is 0 Å². The van der Waals surface area contributed by atoms with Gasteiger partial charge < -0.3 is 15.0 Å². The highest BCUT2D eigenvalue weighted by molar-refractivity contribution is 7.86. The number of ether oxygens (including phenoxy) is 1. The standard InChI is InChI=1S/C19H29FN4O4S/c1-22(16-6-4-3-5-7-16)29(26,27)24-12-10-23(11-13-24)19(25)21-15-8-9-18(28-2)17(20)14-15/h8-9,14,16H,3-7,10-13H2,1-2H3,(H,21,25). The molecule has 1 N–H and O–H groups in total. The highest BCUT2D eigenvalue weighted by atomic mass is 32.2. The molecule has 2 aliphatic rings. The predicted molar refractivity (Wildman–Crippen MR) is 109 cm³/mol. The molecule has 0 atom stereocenters. The Morgan fingerprint density at radius 3 is 2.41 bits per heavy atom. The van der Waals surface area contributed by atoms with Gasteiger partial charge in [-0.2, -0.15) is 17.0 Å². The minimum atomic E-state index is -3.54. The summed E-state index contributed by atoms with van der Waals surface area (Å²) in [6.07, 6.45) is 5.08. The van der Waals surface area contributed by atoms with E-state index < -0.39 is 16.0 Å². The summed E-state index contributed by atoms with van der Waals surface area (Å²) in [7, 11) is -0.512. The molecular weight excluding hydrogens is 399 g/mol. The highest BCUT2D eigenvalue weighted by Gasteiger charge is 2.35. The molecule has 1 aliphatic heterocycles. The second-order valence-electron chi connectivity index (χ2n) is 7.48. The molecule has 1 saturated carbocycles. The van der Waals surface area contributed by atoms with E-state index in [2.05, 4.69) is 5.32 Å². The Morgan fingerprint density at radius 2 is 1.83 bits per heavy atom. The fourth-order valence-corrected chi connectivity index (χ4v) is 5.46. The molecule has 1 heterocycles. The zero-order valence-electron chi connectivity index (χ0n) is 16.9. The van der Waals surface area contributed by atoms with Crippen molar-refractivity contribution in [3.63, 3.8) is 0 Å². The fourth-order valence-electron chi connectivity index (χ4n) is 3.88. The third-order valence-electron chi connectivity index (χ3n) is 5.71. The lowest BCUT2D eigenvalue weighted by molar-refractivity contribution is 0.178. The summed E-state index contributed by atoms with van der Waals surface area (Å²) in [6.45, 7) is 1.04. The van der Waals surface area contributed by atoms with E-state index in [0.717, 1.165) is 32.1 Å². The number of methoxy groups -OCH3 is 1. The van der Waals surface area contributed by atoms with Crippen LogP contribution in [0.4, 0.5) is 14.9 Å². The van der Waals surface area contributed by atoms with Crippen molar-refractivity contribution in [1.82, 2.24) is 13.5 Å². The second kappa shape index (κ2) is 9.27. The summed E-state index contributed by atoms with van der Waals surface area (Å²) in [5.74, 6) is -0.462.